The molecule has 0 saturated carbocycles. The Bertz CT molecular complexity index is 1140. The zero-order valence-electron chi connectivity index (χ0n) is 19.4. The number of amides is 1. The Kier molecular flexibility index (Phi) is 8.55. The number of hydrogen-bond donors (Lipinski definition) is 1. The lowest BCUT2D eigenvalue weighted by molar-refractivity contribution is -0.138. The van der Waals surface area contributed by atoms with E-state index < -0.39 is 39.8 Å². The number of hydrazone groups is 1. The molecule has 1 aliphatic heterocycles. The average molecular weight is 552 g/mol. The minimum absolute atomic E-state index is 0.00419. The molecule has 0 fully saturated rings. The summed E-state index contributed by atoms with van der Waals surface area (Å²) in [5.41, 5.74) is -1.49. The van der Waals surface area contributed by atoms with Gasteiger partial charge in [-0.3, -0.25) is 9.80 Å². The Labute approximate surface area is 214 Å². The summed E-state index contributed by atoms with van der Waals surface area (Å²) in [7, 11) is 0. The van der Waals surface area contributed by atoms with Gasteiger partial charge in [-0.1, -0.05) is 30.7 Å². The van der Waals surface area contributed by atoms with Crippen LogP contribution in [0, 0.1) is 5.41 Å². The second-order valence-electron chi connectivity index (χ2n) is 8.75. The van der Waals surface area contributed by atoms with Crippen molar-refractivity contribution in [1.82, 2.24) is 5.01 Å². The van der Waals surface area contributed by atoms with Gasteiger partial charge in [0.25, 0.3) is 0 Å². The van der Waals surface area contributed by atoms with Crippen molar-refractivity contribution in [2.75, 3.05) is 30.4 Å². The predicted octanol–water partition coefficient (Wildman–Crippen LogP) is 7.19. The van der Waals surface area contributed by atoms with E-state index in [9.17, 15) is 31.1 Å². The van der Waals surface area contributed by atoms with Gasteiger partial charge in [0, 0.05) is 17.6 Å². The molecule has 2 aromatic rings. The third-order valence-corrected chi connectivity index (χ3v) is 6.78. The molecular weight excluding hydrogens is 528 g/mol. The van der Waals surface area contributed by atoms with Gasteiger partial charge in [0.1, 0.15) is 6.54 Å². The van der Waals surface area contributed by atoms with Crippen molar-refractivity contribution in [3.05, 3.63) is 64.2 Å². The molecule has 196 valence electrons. The van der Waals surface area contributed by atoms with Gasteiger partial charge in [0.05, 0.1) is 21.9 Å². The molecule has 0 bridgehead atoms. The van der Waals surface area contributed by atoms with Crippen LogP contribution in [-0.4, -0.2) is 41.7 Å². The highest BCUT2D eigenvalue weighted by Gasteiger charge is 2.40. The van der Waals surface area contributed by atoms with Gasteiger partial charge in [-0.15, -0.1) is 0 Å². The Hall–Kier alpha value is -2.40. The van der Waals surface area contributed by atoms with Crippen molar-refractivity contribution >= 4 is 40.7 Å². The number of alkyl halides is 6. The molecule has 36 heavy (non-hydrogen) atoms. The molecule has 1 amide bonds. The largest absolute Gasteiger partial charge is 0.417 e. The molecular formula is C24H24ClF6N3OS. The van der Waals surface area contributed by atoms with Crippen LogP contribution in [0.25, 0.3) is 0 Å². The number of hydrogen-bond acceptors (Lipinski definition) is 4. The third kappa shape index (κ3) is 6.88. The second-order valence-corrected chi connectivity index (χ2v) is 10.1. The molecule has 0 aliphatic carbocycles. The minimum Gasteiger partial charge on any atom is -0.324 e. The first-order valence-electron chi connectivity index (χ1n) is 10.9. The zero-order chi connectivity index (χ0) is 26.7. The average Bonchev–Trinajstić information content (AvgIpc) is 3.08. The molecule has 0 spiro atoms. The lowest BCUT2D eigenvalue weighted by Crippen LogP contribution is -2.35. The number of rotatable bonds is 8. The smallest absolute Gasteiger partial charge is 0.324 e. The fourth-order valence-electron chi connectivity index (χ4n) is 4.11. The molecule has 0 aromatic heterocycles. The van der Waals surface area contributed by atoms with Gasteiger partial charge < -0.3 is 5.32 Å². The number of halogens is 7. The Balaban J connectivity index is 1.82. The van der Waals surface area contributed by atoms with Gasteiger partial charge >= 0.3 is 12.4 Å². The van der Waals surface area contributed by atoms with E-state index in [-0.39, 0.29) is 12.2 Å². The quantitative estimate of drug-likeness (QED) is 0.279. The maximum Gasteiger partial charge on any atom is 0.417 e. The van der Waals surface area contributed by atoms with Crippen LogP contribution in [0.3, 0.4) is 0 Å². The highest BCUT2D eigenvalue weighted by molar-refractivity contribution is 7.98. The molecule has 12 heteroatoms. The van der Waals surface area contributed by atoms with Crippen molar-refractivity contribution in [3.63, 3.8) is 0 Å². The summed E-state index contributed by atoms with van der Waals surface area (Å²) in [5.74, 6) is 0.295. The van der Waals surface area contributed by atoms with Crippen LogP contribution < -0.4 is 5.32 Å². The van der Waals surface area contributed by atoms with Gasteiger partial charge in [0.2, 0.25) is 5.91 Å². The highest BCUT2D eigenvalue weighted by Crippen LogP contribution is 2.39. The standard InChI is InChI=1S/C24H24ClF6N3OS/c1-22(9-4-10-36-2)14-34(13-20(35)32-17-6-3-5-16(12-17)23(26,27)28)33-21(22)15-7-8-18(19(25)11-15)24(29,30)31/h3,5-8,11-12H,4,9-10,13-14H2,1-2H3,(H,32,35). The van der Waals surface area contributed by atoms with E-state index in [1.165, 1.54) is 29.3 Å². The SMILES string of the molecule is CSCCCC1(C)CN(CC(=O)Nc2cccc(C(F)(F)F)c2)N=C1c1ccc(C(F)(F)F)c(Cl)c1. The molecule has 1 heterocycles. The Morgan fingerprint density at radius 2 is 1.86 bits per heavy atom. The summed E-state index contributed by atoms with van der Waals surface area (Å²) in [5, 5.41) is 8.00. The van der Waals surface area contributed by atoms with Crippen LogP contribution in [0.2, 0.25) is 5.02 Å². The fraction of sp³-hybridized carbons (Fsp3) is 0.417. The first kappa shape index (κ1) is 28.2. The van der Waals surface area contributed by atoms with Crippen molar-refractivity contribution in [2.24, 2.45) is 10.5 Å². The normalized spacial score (nSPS) is 18.4. The fourth-order valence-corrected chi connectivity index (χ4v) is 4.83. The van der Waals surface area contributed by atoms with E-state index in [1.807, 2.05) is 13.2 Å². The monoisotopic (exact) mass is 551 g/mol. The second kappa shape index (κ2) is 10.9. The molecule has 1 aliphatic rings. The number of benzene rings is 2. The maximum atomic E-state index is 13.2. The van der Waals surface area contributed by atoms with Crippen LogP contribution in [0.1, 0.15) is 36.5 Å². The molecule has 2 aromatic carbocycles. The lowest BCUT2D eigenvalue weighted by Gasteiger charge is -2.27. The van der Waals surface area contributed by atoms with Crippen LogP contribution >= 0.6 is 23.4 Å². The summed E-state index contributed by atoms with van der Waals surface area (Å²) in [6, 6.07) is 7.74. The molecule has 3 rings (SSSR count). The molecule has 4 nitrogen and oxygen atoms in total. The predicted molar refractivity (Wildman–Crippen MR) is 130 cm³/mol. The Morgan fingerprint density at radius 1 is 1.14 bits per heavy atom. The van der Waals surface area contributed by atoms with E-state index in [0.717, 1.165) is 30.4 Å². The van der Waals surface area contributed by atoms with Crippen LogP contribution in [-0.2, 0) is 17.1 Å². The minimum atomic E-state index is -4.59. The molecule has 1 N–H and O–H groups in total. The van der Waals surface area contributed by atoms with E-state index >= 15 is 0 Å². The van der Waals surface area contributed by atoms with Gasteiger partial charge in [-0.25, -0.2) is 0 Å². The molecule has 0 radical (unpaired) electrons. The highest BCUT2D eigenvalue weighted by atomic mass is 35.5. The number of carbonyl (C=O) groups is 1. The molecule has 0 saturated heterocycles. The van der Waals surface area contributed by atoms with Crippen LogP contribution in [0.5, 0.6) is 0 Å². The van der Waals surface area contributed by atoms with Crippen molar-refractivity contribution < 1.29 is 31.1 Å². The van der Waals surface area contributed by atoms with Gasteiger partial charge in [-0.2, -0.15) is 43.2 Å². The number of nitrogens with zero attached hydrogens (tertiary/aromatic N) is 2. The van der Waals surface area contributed by atoms with E-state index in [1.54, 1.807) is 11.8 Å². The summed E-state index contributed by atoms with van der Waals surface area (Å²) in [6.45, 7) is 1.99. The summed E-state index contributed by atoms with van der Waals surface area (Å²) in [4.78, 5) is 12.6. The van der Waals surface area contributed by atoms with Crippen molar-refractivity contribution in [3.8, 4) is 0 Å². The lowest BCUT2D eigenvalue weighted by atomic mass is 9.78. The molecule has 1 atom stereocenters. The number of thioether (sulfide) groups is 1. The van der Waals surface area contributed by atoms with Crippen molar-refractivity contribution in [1.29, 1.82) is 0 Å². The third-order valence-electron chi connectivity index (χ3n) is 5.77. The van der Waals surface area contributed by atoms with Gasteiger partial charge in [-0.05, 0) is 60.7 Å². The summed E-state index contributed by atoms with van der Waals surface area (Å²) < 4.78 is 78.3. The number of nitrogens with one attached hydrogen (secondary N) is 1. The molecule has 1 unspecified atom stereocenters. The topological polar surface area (TPSA) is 44.7 Å². The van der Waals surface area contributed by atoms with Gasteiger partial charge in [0.15, 0.2) is 0 Å². The number of anilines is 1. The van der Waals surface area contributed by atoms with Crippen LogP contribution in [0.4, 0.5) is 32.0 Å². The first-order chi connectivity index (χ1) is 16.7. The zero-order valence-corrected chi connectivity index (χ0v) is 21.0. The Morgan fingerprint density at radius 3 is 2.47 bits per heavy atom. The van der Waals surface area contributed by atoms with Crippen molar-refractivity contribution in [2.45, 2.75) is 32.1 Å². The van der Waals surface area contributed by atoms with Crippen LogP contribution in [0.15, 0.2) is 47.6 Å². The maximum absolute atomic E-state index is 13.2. The van der Waals surface area contributed by atoms with E-state index in [2.05, 4.69) is 10.4 Å². The number of carbonyl (C=O) groups excluding carboxylic acids is 1. The van der Waals surface area contributed by atoms with E-state index in [4.69, 9.17) is 11.6 Å². The van der Waals surface area contributed by atoms with E-state index in [0.29, 0.717) is 24.2 Å². The summed E-state index contributed by atoms with van der Waals surface area (Å²) >= 11 is 7.59. The first-order valence-corrected chi connectivity index (χ1v) is 12.7. The summed E-state index contributed by atoms with van der Waals surface area (Å²) in [6.07, 6.45) is -5.70.